The fraction of sp³-hybridized carbons (Fsp3) is 0.619. The molecule has 0 unspecified atom stereocenters. The van der Waals surface area contributed by atoms with Crippen LogP contribution in [0, 0.1) is 5.41 Å². The highest BCUT2D eigenvalue weighted by atomic mass is 16.3. The molecule has 0 aromatic heterocycles. The van der Waals surface area contributed by atoms with Crippen molar-refractivity contribution in [2.24, 2.45) is 5.41 Å². The Bertz CT molecular complexity index is 722. The molecule has 1 aromatic rings. The van der Waals surface area contributed by atoms with Gasteiger partial charge in [0.25, 0.3) is 11.8 Å². The molecule has 1 saturated carbocycles. The van der Waals surface area contributed by atoms with E-state index in [-0.39, 0.29) is 17.2 Å². The molecule has 1 N–H and O–H groups in total. The average molecular weight is 358 g/mol. The second-order valence-electron chi connectivity index (χ2n) is 8.35. The van der Waals surface area contributed by atoms with Crippen LogP contribution < -0.4 is 0 Å². The number of benzene rings is 1. The summed E-state index contributed by atoms with van der Waals surface area (Å²) in [6.07, 6.45) is 4.88. The Hall–Kier alpha value is -1.88. The normalized spacial score (nSPS) is 20.8. The monoisotopic (exact) mass is 358 g/mol. The van der Waals surface area contributed by atoms with Crippen LogP contribution in [0.4, 0.5) is 0 Å². The zero-order valence-electron chi connectivity index (χ0n) is 16.3. The zero-order chi connectivity index (χ0) is 19.1. The third-order valence-electron chi connectivity index (χ3n) is 6.55. The highest BCUT2D eigenvalue weighted by Gasteiger charge is 2.49. The second-order valence-corrected chi connectivity index (χ2v) is 8.35. The number of rotatable bonds is 5. The van der Waals surface area contributed by atoms with E-state index in [0.29, 0.717) is 30.6 Å². The summed E-state index contributed by atoms with van der Waals surface area (Å²) in [5, 5.41) is 11.4. The number of nitrogens with zero attached hydrogens (tertiary/aromatic N) is 2. The Morgan fingerprint density at radius 3 is 2.54 bits per heavy atom. The Morgan fingerprint density at radius 1 is 1.31 bits per heavy atom. The van der Waals surface area contributed by atoms with Gasteiger partial charge in [-0.1, -0.05) is 32.8 Å². The molecule has 142 valence electrons. The molecule has 1 fully saturated rings. The summed E-state index contributed by atoms with van der Waals surface area (Å²) in [6, 6.07) is 5.33. The molecule has 26 heavy (non-hydrogen) atoms. The van der Waals surface area contributed by atoms with Crippen molar-refractivity contribution < 1.29 is 14.7 Å². The van der Waals surface area contributed by atoms with E-state index < -0.39 is 5.60 Å². The van der Waals surface area contributed by atoms with E-state index in [1.165, 1.54) is 4.90 Å². The molecule has 1 aliphatic heterocycles. The lowest BCUT2D eigenvalue weighted by Crippen LogP contribution is -2.53. The molecule has 1 heterocycles. The topological polar surface area (TPSA) is 60.9 Å². The van der Waals surface area contributed by atoms with Gasteiger partial charge < -0.3 is 14.9 Å². The van der Waals surface area contributed by atoms with Crippen molar-refractivity contribution >= 4 is 11.8 Å². The number of amides is 2. The van der Waals surface area contributed by atoms with Gasteiger partial charge in [0.2, 0.25) is 0 Å². The summed E-state index contributed by atoms with van der Waals surface area (Å²) in [5.41, 5.74) is 0.904. The smallest absolute Gasteiger partial charge is 0.254 e. The van der Waals surface area contributed by atoms with E-state index in [1.54, 1.807) is 37.2 Å². The molecular weight excluding hydrogens is 328 g/mol. The quantitative estimate of drug-likeness (QED) is 0.880. The first-order valence-corrected chi connectivity index (χ1v) is 9.57. The van der Waals surface area contributed by atoms with Gasteiger partial charge in [-0.25, -0.2) is 0 Å². The predicted octanol–water partition coefficient (Wildman–Crippen LogP) is 3.07. The molecule has 2 aliphatic rings. The average Bonchev–Trinajstić information content (AvgIpc) is 3.19. The third-order valence-corrected chi connectivity index (χ3v) is 6.55. The van der Waals surface area contributed by atoms with Crippen LogP contribution in [0.1, 0.15) is 72.2 Å². The van der Waals surface area contributed by atoms with Crippen molar-refractivity contribution in [3.8, 4) is 0 Å². The van der Waals surface area contributed by atoms with Crippen LogP contribution >= 0.6 is 0 Å². The van der Waals surface area contributed by atoms with Gasteiger partial charge in [0.05, 0.1) is 12.1 Å². The van der Waals surface area contributed by atoms with Crippen LogP contribution in [-0.4, -0.2) is 53.0 Å². The number of hydrogen-bond donors (Lipinski definition) is 1. The van der Waals surface area contributed by atoms with Crippen molar-refractivity contribution in [3.05, 3.63) is 34.9 Å². The minimum Gasteiger partial charge on any atom is -0.387 e. The SMILES string of the molecule is CC[C@@](O)(CN1Cc2c(C(=O)N(C)C)cccc2C1=O)C1(C)CCCC1. The summed E-state index contributed by atoms with van der Waals surface area (Å²) in [4.78, 5) is 28.7. The van der Waals surface area contributed by atoms with Gasteiger partial charge >= 0.3 is 0 Å². The molecular formula is C21H30N2O3. The van der Waals surface area contributed by atoms with Gasteiger partial charge in [-0.2, -0.15) is 0 Å². The van der Waals surface area contributed by atoms with E-state index in [9.17, 15) is 14.7 Å². The molecule has 0 saturated heterocycles. The number of carbonyl (C=O) groups excluding carboxylic acids is 2. The molecule has 1 aromatic carbocycles. The van der Waals surface area contributed by atoms with E-state index >= 15 is 0 Å². The maximum absolute atomic E-state index is 12.9. The number of carbonyl (C=O) groups is 2. The molecule has 3 rings (SSSR count). The van der Waals surface area contributed by atoms with E-state index in [4.69, 9.17) is 0 Å². The summed E-state index contributed by atoms with van der Waals surface area (Å²) >= 11 is 0. The van der Waals surface area contributed by atoms with Crippen molar-refractivity contribution in [1.29, 1.82) is 0 Å². The molecule has 2 amide bonds. The van der Waals surface area contributed by atoms with Gasteiger partial charge in [0.15, 0.2) is 0 Å². The molecule has 0 spiro atoms. The lowest BCUT2D eigenvalue weighted by atomic mass is 9.70. The molecule has 0 radical (unpaired) electrons. The lowest BCUT2D eigenvalue weighted by Gasteiger charge is -2.44. The maximum atomic E-state index is 12.9. The van der Waals surface area contributed by atoms with Crippen LogP contribution in [0.25, 0.3) is 0 Å². The van der Waals surface area contributed by atoms with Gasteiger partial charge in [-0.15, -0.1) is 0 Å². The van der Waals surface area contributed by atoms with E-state index in [2.05, 4.69) is 6.92 Å². The van der Waals surface area contributed by atoms with Crippen LogP contribution in [-0.2, 0) is 6.54 Å². The van der Waals surface area contributed by atoms with Crippen molar-refractivity contribution in [2.45, 2.75) is 58.1 Å². The first-order chi connectivity index (χ1) is 12.2. The fourth-order valence-corrected chi connectivity index (χ4v) is 4.63. The van der Waals surface area contributed by atoms with Gasteiger partial charge in [0, 0.05) is 31.8 Å². The number of hydrogen-bond acceptors (Lipinski definition) is 3. The van der Waals surface area contributed by atoms with Crippen molar-refractivity contribution in [3.63, 3.8) is 0 Å². The molecule has 0 bridgehead atoms. The summed E-state index contributed by atoms with van der Waals surface area (Å²) in [5.74, 6) is -0.174. The van der Waals surface area contributed by atoms with Crippen LogP contribution in [0.15, 0.2) is 18.2 Å². The van der Waals surface area contributed by atoms with E-state index in [1.807, 2.05) is 6.92 Å². The van der Waals surface area contributed by atoms with Gasteiger partial charge in [0.1, 0.15) is 0 Å². The highest BCUT2D eigenvalue weighted by molar-refractivity contribution is 6.04. The van der Waals surface area contributed by atoms with Crippen LogP contribution in [0.3, 0.4) is 0 Å². The summed E-state index contributed by atoms with van der Waals surface area (Å²) in [7, 11) is 3.43. The molecule has 1 atom stereocenters. The lowest BCUT2D eigenvalue weighted by molar-refractivity contribution is -0.0915. The predicted molar refractivity (Wildman–Crippen MR) is 101 cm³/mol. The standard InChI is InChI=1S/C21H30N2O3/c1-5-21(26,20(2)11-6-7-12-20)14-23-13-17-15(18(24)22(3)4)9-8-10-16(17)19(23)25/h8-10,26H,5-7,11-14H2,1-4H3/t21-/m1/s1. The number of fused-ring (bicyclic) bond motifs is 1. The largest absolute Gasteiger partial charge is 0.387 e. The maximum Gasteiger partial charge on any atom is 0.254 e. The third kappa shape index (κ3) is 2.92. The summed E-state index contributed by atoms with van der Waals surface area (Å²) < 4.78 is 0. The fourth-order valence-electron chi connectivity index (χ4n) is 4.63. The van der Waals surface area contributed by atoms with Gasteiger partial charge in [-0.3, -0.25) is 9.59 Å². The Labute approximate surface area is 156 Å². The highest BCUT2D eigenvalue weighted by Crippen LogP contribution is 2.48. The van der Waals surface area contributed by atoms with Crippen LogP contribution in [0.2, 0.25) is 0 Å². The van der Waals surface area contributed by atoms with Crippen LogP contribution in [0.5, 0.6) is 0 Å². The Balaban J connectivity index is 1.88. The minimum atomic E-state index is -0.896. The summed E-state index contributed by atoms with van der Waals surface area (Å²) in [6.45, 7) is 4.86. The number of aliphatic hydroxyl groups is 1. The Kier molecular flexibility index (Phi) is 4.86. The molecule has 5 nitrogen and oxygen atoms in total. The Morgan fingerprint density at radius 2 is 1.96 bits per heavy atom. The minimum absolute atomic E-state index is 0.0816. The van der Waals surface area contributed by atoms with Crippen molar-refractivity contribution in [2.75, 3.05) is 20.6 Å². The van der Waals surface area contributed by atoms with Crippen molar-refractivity contribution in [1.82, 2.24) is 9.80 Å². The van der Waals surface area contributed by atoms with E-state index in [0.717, 1.165) is 31.2 Å². The van der Waals surface area contributed by atoms with Gasteiger partial charge in [-0.05, 0) is 42.4 Å². The molecule has 5 heteroatoms. The number of β-amino-alcohol motifs (C(OH)–C–C–N with tert-alkyl or cyclic N) is 1. The zero-order valence-corrected chi connectivity index (χ0v) is 16.3. The first-order valence-electron chi connectivity index (χ1n) is 9.57. The second kappa shape index (κ2) is 6.69. The first kappa shape index (κ1) is 18.9. The molecule has 1 aliphatic carbocycles.